The number of unbranched alkanes of at least 4 members (excludes halogenated alkanes) is 2. The predicted molar refractivity (Wildman–Crippen MR) is 88.0 cm³/mol. The zero-order valence-corrected chi connectivity index (χ0v) is 14.0. The Morgan fingerprint density at radius 3 is 2.12 bits per heavy atom. The molecular formula is C19H18F4O2. The molecule has 0 bridgehead atoms. The molecule has 2 nitrogen and oxygen atoms in total. The Balaban J connectivity index is 2.23. The van der Waals surface area contributed by atoms with Crippen molar-refractivity contribution in [3.05, 3.63) is 41.0 Å². The molecule has 2 aromatic carbocycles. The monoisotopic (exact) mass is 354 g/mol. The Hall–Kier alpha value is -2.24. The molecule has 0 spiro atoms. The molecule has 1 heterocycles. The molecule has 0 aliphatic rings. The van der Waals surface area contributed by atoms with E-state index < -0.39 is 28.7 Å². The molecule has 0 aliphatic heterocycles. The minimum atomic E-state index is -1.31. The summed E-state index contributed by atoms with van der Waals surface area (Å²) in [5.74, 6) is -5.14. The summed E-state index contributed by atoms with van der Waals surface area (Å²) in [6, 6.07) is 2.52. The summed E-state index contributed by atoms with van der Waals surface area (Å²) in [5.41, 5.74) is 0.0807. The average Bonchev–Trinajstić information content (AvgIpc) is 2.95. The highest BCUT2D eigenvalue weighted by atomic mass is 19.2. The van der Waals surface area contributed by atoms with Crippen molar-refractivity contribution in [3.8, 4) is 5.75 Å². The third-order valence-electron chi connectivity index (χ3n) is 4.20. The Labute approximate surface area is 142 Å². The van der Waals surface area contributed by atoms with Gasteiger partial charge in [-0.05, 0) is 31.4 Å². The summed E-state index contributed by atoms with van der Waals surface area (Å²) in [5, 5.41) is -0.793. The van der Waals surface area contributed by atoms with Crippen LogP contribution in [0.1, 0.15) is 38.7 Å². The van der Waals surface area contributed by atoms with E-state index in [2.05, 4.69) is 0 Å². The van der Waals surface area contributed by atoms with Gasteiger partial charge in [-0.15, -0.1) is 0 Å². The topological polar surface area (TPSA) is 22.4 Å². The van der Waals surface area contributed by atoms with Crippen LogP contribution < -0.4 is 4.74 Å². The molecule has 134 valence electrons. The highest BCUT2D eigenvalue weighted by molar-refractivity contribution is 6.06. The van der Waals surface area contributed by atoms with E-state index in [1.54, 1.807) is 6.92 Å². The summed E-state index contributed by atoms with van der Waals surface area (Å²) < 4.78 is 67.8. The molecule has 0 saturated heterocycles. The molecule has 1 aromatic heterocycles. The summed E-state index contributed by atoms with van der Waals surface area (Å²) >= 11 is 0. The minimum absolute atomic E-state index is 0.00709. The van der Waals surface area contributed by atoms with Gasteiger partial charge < -0.3 is 9.15 Å². The first-order chi connectivity index (χ1) is 12.0. The molecule has 3 aromatic rings. The van der Waals surface area contributed by atoms with E-state index >= 15 is 0 Å². The van der Waals surface area contributed by atoms with Gasteiger partial charge >= 0.3 is 0 Å². The van der Waals surface area contributed by atoms with Crippen LogP contribution in [0.2, 0.25) is 0 Å². The first-order valence-electron chi connectivity index (χ1n) is 8.33. The standard InChI is InChI=1S/C19H18F4O2/c1-3-5-6-7-10-8-11-14(18(22)16(10)20)15-12(25-11)9-13(24-4-2)17(21)19(15)23/h8-9H,3-7H2,1-2H3. The minimum Gasteiger partial charge on any atom is -0.491 e. The second kappa shape index (κ2) is 6.94. The lowest BCUT2D eigenvalue weighted by Gasteiger charge is -2.06. The Morgan fingerprint density at radius 1 is 0.840 bits per heavy atom. The van der Waals surface area contributed by atoms with Crippen molar-refractivity contribution in [2.75, 3.05) is 6.61 Å². The zero-order valence-electron chi connectivity index (χ0n) is 14.0. The third-order valence-corrected chi connectivity index (χ3v) is 4.20. The van der Waals surface area contributed by atoms with Crippen LogP contribution in [0.3, 0.4) is 0 Å². The van der Waals surface area contributed by atoms with E-state index in [1.165, 1.54) is 6.07 Å². The first-order valence-corrected chi connectivity index (χ1v) is 8.33. The molecular weight excluding hydrogens is 336 g/mol. The Kier molecular flexibility index (Phi) is 4.88. The van der Waals surface area contributed by atoms with Gasteiger partial charge in [0.1, 0.15) is 11.2 Å². The van der Waals surface area contributed by atoms with Crippen LogP contribution in [0.4, 0.5) is 17.6 Å². The SMILES string of the molecule is CCCCCc1cc2oc3cc(OCC)c(F)c(F)c3c2c(F)c1F. The van der Waals surface area contributed by atoms with Crippen LogP contribution in [-0.2, 0) is 6.42 Å². The lowest BCUT2D eigenvalue weighted by atomic mass is 10.0. The first kappa shape index (κ1) is 17.6. The number of rotatable bonds is 6. The van der Waals surface area contributed by atoms with E-state index in [1.807, 2.05) is 6.92 Å². The van der Waals surface area contributed by atoms with Crippen LogP contribution in [-0.4, -0.2) is 6.61 Å². The normalized spacial score (nSPS) is 11.6. The lowest BCUT2D eigenvalue weighted by molar-refractivity contribution is 0.315. The van der Waals surface area contributed by atoms with Gasteiger partial charge in [-0.1, -0.05) is 19.8 Å². The molecule has 0 aliphatic carbocycles. The van der Waals surface area contributed by atoms with Crippen molar-refractivity contribution in [2.24, 2.45) is 0 Å². The highest BCUT2D eigenvalue weighted by Gasteiger charge is 2.25. The van der Waals surface area contributed by atoms with Crippen LogP contribution in [0.15, 0.2) is 16.5 Å². The molecule has 0 amide bonds. The van der Waals surface area contributed by atoms with Crippen molar-refractivity contribution < 1.29 is 26.7 Å². The number of ether oxygens (including phenoxy) is 1. The second-order valence-electron chi connectivity index (χ2n) is 5.90. The maximum atomic E-state index is 14.5. The van der Waals surface area contributed by atoms with Crippen LogP contribution in [0.25, 0.3) is 21.9 Å². The Morgan fingerprint density at radius 2 is 1.48 bits per heavy atom. The van der Waals surface area contributed by atoms with E-state index in [9.17, 15) is 17.6 Å². The van der Waals surface area contributed by atoms with Gasteiger partial charge in [-0.25, -0.2) is 13.2 Å². The van der Waals surface area contributed by atoms with Crippen molar-refractivity contribution >= 4 is 21.9 Å². The van der Waals surface area contributed by atoms with E-state index in [4.69, 9.17) is 9.15 Å². The van der Waals surface area contributed by atoms with Gasteiger partial charge in [0, 0.05) is 6.07 Å². The van der Waals surface area contributed by atoms with E-state index in [-0.39, 0.29) is 34.5 Å². The zero-order chi connectivity index (χ0) is 18.1. The van der Waals surface area contributed by atoms with Crippen LogP contribution in [0.5, 0.6) is 5.75 Å². The van der Waals surface area contributed by atoms with Gasteiger partial charge in [-0.2, -0.15) is 4.39 Å². The number of aryl methyl sites for hydroxylation is 1. The van der Waals surface area contributed by atoms with E-state index in [0.29, 0.717) is 12.8 Å². The van der Waals surface area contributed by atoms with E-state index in [0.717, 1.165) is 18.9 Å². The predicted octanol–water partition coefficient (Wildman–Crippen LogP) is 6.27. The number of hydrogen-bond donors (Lipinski definition) is 0. The van der Waals surface area contributed by atoms with Crippen molar-refractivity contribution in [1.82, 2.24) is 0 Å². The number of benzene rings is 2. The molecule has 0 saturated carbocycles. The van der Waals surface area contributed by atoms with Gasteiger partial charge in [0.2, 0.25) is 5.82 Å². The highest BCUT2D eigenvalue weighted by Crippen LogP contribution is 2.38. The molecule has 3 rings (SSSR count). The third kappa shape index (κ3) is 2.94. The second-order valence-corrected chi connectivity index (χ2v) is 5.90. The van der Waals surface area contributed by atoms with Gasteiger partial charge in [-0.3, -0.25) is 0 Å². The molecule has 6 heteroatoms. The molecule has 0 unspecified atom stereocenters. The molecule has 0 N–H and O–H groups in total. The lowest BCUT2D eigenvalue weighted by Crippen LogP contribution is -1.98. The van der Waals surface area contributed by atoms with Gasteiger partial charge in [0.05, 0.1) is 17.4 Å². The fourth-order valence-electron chi connectivity index (χ4n) is 2.99. The Bertz CT molecular complexity index is 931. The number of hydrogen-bond acceptors (Lipinski definition) is 2. The van der Waals surface area contributed by atoms with Crippen molar-refractivity contribution in [2.45, 2.75) is 39.5 Å². The number of fused-ring (bicyclic) bond motifs is 3. The summed E-state index contributed by atoms with van der Waals surface area (Å²) in [7, 11) is 0. The van der Waals surface area contributed by atoms with Crippen molar-refractivity contribution in [1.29, 1.82) is 0 Å². The van der Waals surface area contributed by atoms with Gasteiger partial charge in [0.25, 0.3) is 0 Å². The quantitative estimate of drug-likeness (QED) is 0.384. The largest absolute Gasteiger partial charge is 0.491 e. The molecule has 0 radical (unpaired) electrons. The average molecular weight is 354 g/mol. The fourth-order valence-corrected chi connectivity index (χ4v) is 2.99. The van der Waals surface area contributed by atoms with Gasteiger partial charge in [0.15, 0.2) is 23.2 Å². The van der Waals surface area contributed by atoms with Crippen molar-refractivity contribution in [3.63, 3.8) is 0 Å². The number of halogens is 4. The molecule has 0 fully saturated rings. The van der Waals surface area contributed by atoms with Crippen LogP contribution in [0, 0.1) is 23.3 Å². The maximum absolute atomic E-state index is 14.5. The summed E-state index contributed by atoms with van der Waals surface area (Å²) in [6.07, 6.45) is 2.89. The smallest absolute Gasteiger partial charge is 0.201 e. The maximum Gasteiger partial charge on any atom is 0.201 e. The fraction of sp³-hybridized carbons (Fsp3) is 0.368. The van der Waals surface area contributed by atoms with Crippen LogP contribution >= 0.6 is 0 Å². The summed E-state index contributed by atoms with van der Waals surface area (Å²) in [6.45, 7) is 3.76. The molecule has 25 heavy (non-hydrogen) atoms. The summed E-state index contributed by atoms with van der Waals surface area (Å²) in [4.78, 5) is 0. The molecule has 0 atom stereocenters. The number of furan rings is 1.